The van der Waals surface area contributed by atoms with E-state index >= 15 is 0 Å². The summed E-state index contributed by atoms with van der Waals surface area (Å²) < 4.78 is 0. The standard InChI is InChI=1S/C24H33ClN4O/c1-2-26-24(27-14-11-21-5-3-4-6-23(21)25)28-17-19-7-9-22(10-8-19)29-15-12-20(18-30)13-16-29/h3-10,20,30H,2,11-18H2,1H3,(H2,26,27,28). The van der Waals surface area contributed by atoms with Crippen molar-refractivity contribution in [2.45, 2.75) is 32.7 Å². The zero-order chi connectivity index (χ0) is 21.2. The Morgan fingerprint density at radius 2 is 1.83 bits per heavy atom. The van der Waals surface area contributed by atoms with Gasteiger partial charge >= 0.3 is 0 Å². The van der Waals surface area contributed by atoms with Crippen molar-refractivity contribution in [3.8, 4) is 0 Å². The van der Waals surface area contributed by atoms with Crippen LogP contribution in [0, 0.1) is 5.92 Å². The monoisotopic (exact) mass is 428 g/mol. The van der Waals surface area contributed by atoms with Crippen molar-refractivity contribution in [2.24, 2.45) is 10.9 Å². The van der Waals surface area contributed by atoms with Crippen molar-refractivity contribution in [3.05, 3.63) is 64.7 Å². The van der Waals surface area contributed by atoms with Gasteiger partial charge in [0.15, 0.2) is 5.96 Å². The van der Waals surface area contributed by atoms with E-state index in [1.165, 1.54) is 11.3 Å². The molecule has 1 saturated heterocycles. The quantitative estimate of drug-likeness (QED) is 0.441. The van der Waals surface area contributed by atoms with Crippen LogP contribution in [0.25, 0.3) is 0 Å². The lowest BCUT2D eigenvalue weighted by atomic mass is 9.97. The Labute approximate surface area is 185 Å². The van der Waals surface area contributed by atoms with E-state index < -0.39 is 0 Å². The number of aliphatic imine (C=N–C) groups is 1. The normalized spacial score (nSPS) is 15.3. The third-order valence-corrected chi connectivity index (χ3v) is 5.95. The lowest BCUT2D eigenvalue weighted by Crippen LogP contribution is -2.38. The molecule has 1 heterocycles. The molecule has 0 aromatic heterocycles. The SMILES string of the molecule is CCNC(=NCc1ccc(N2CCC(CO)CC2)cc1)NCCc1ccccc1Cl. The van der Waals surface area contributed by atoms with Crippen LogP contribution in [0.1, 0.15) is 30.9 Å². The number of aliphatic hydroxyl groups is 1. The first-order valence-corrected chi connectivity index (χ1v) is 11.3. The van der Waals surface area contributed by atoms with Crippen LogP contribution < -0.4 is 15.5 Å². The smallest absolute Gasteiger partial charge is 0.191 e. The molecule has 162 valence electrons. The zero-order valence-electron chi connectivity index (χ0n) is 17.8. The van der Waals surface area contributed by atoms with Gasteiger partial charge in [-0.3, -0.25) is 0 Å². The molecule has 1 aliphatic rings. The van der Waals surface area contributed by atoms with Gasteiger partial charge in [0.1, 0.15) is 0 Å². The number of piperidine rings is 1. The van der Waals surface area contributed by atoms with Crippen molar-refractivity contribution in [2.75, 3.05) is 37.7 Å². The predicted octanol–water partition coefficient (Wildman–Crippen LogP) is 3.85. The van der Waals surface area contributed by atoms with Gasteiger partial charge in [0.2, 0.25) is 0 Å². The number of nitrogens with zero attached hydrogens (tertiary/aromatic N) is 2. The lowest BCUT2D eigenvalue weighted by molar-refractivity contribution is 0.203. The Bertz CT molecular complexity index is 801. The van der Waals surface area contributed by atoms with E-state index in [0.29, 0.717) is 19.1 Å². The summed E-state index contributed by atoms with van der Waals surface area (Å²) in [7, 11) is 0. The molecule has 0 saturated carbocycles. The van der Waals surface area contributed by atoms with Gasteiger partial charge < -0.3 is 20.6 Å². The molecule has 0 bridgehead atoms. The van der Waals surface area contributed by atoms with Crippen molar-refractivity contribution < 1.29 is 5.11 Å². The van der Waals surface area contributed by atoms with Crippen LogP contribution in [0.4, 0.5) is 5.69 Å². The van der Waals surface area contributed by atoms with Crippen LogP contribution in [-0.2, 0) is 13.0 Å². The molecule has 1 aliphatic heterocycles. The van der Waals surface area contributed by atoms with Crippen LogP contribution in [0.5, 0.6) is 0 Å². The minimum absolute atomic E-state index is 0.311. The highest BCUT2D eigenvalue weighted by Crippen LogP contribution is 2.23. The molecule has 5 nitrogen and oxygen atoms in total. The molecular weight excluding hydrogens is 396 g/mol. The molecule has 0 spiro atoms. The number of guanidine groups is 1. The maximum Gasteiger partial charge on any atom is 0.191 e. The van der Waals surface area contributed by atoms with Crippen molar-refractivity contribution in [1.29, 1.82) is 0 Å². The summed E-state index contributed by atoms with van der Waals surface area (Å²) in [6.07, 6.45) is 2.98. The third-order valence-electron chi connectivity index (χ3n) is 5.58. The van der Waals surface area contributed by atoms with Gasteiger partial charge in [0.05, 0.1) is 6.54 Å². The molecule has 0 unspecified atom stereocenters. The second-order valence-electron chi connectivity index (χ2n) is 7.74. The number of benzene rings is 2. The fourth-order valence-electron chi connectivity index (χ4n) is 3.71. The summed E-state index contributed by atoms with van der Waals surface area (Å²) in [4.78, 5) is 7.12. The molecule has 1 fully saturated rings. The minimum atomic E-state index is 0.311. The molecular formula is C24H33ClN4O. The highest BCUT2D eigenvalue weighted by Gasteiger charge is 2.18. The molecule has 3 N–H and O–H groups in total. The van der Waals surface area contributed by atoms with Crippen LogP contribution in [-0.4, -0.2) is 43.9 Å². The Kier molecular flexibility index (Phi) is 8.84. The van der Waals surface area contributed by atoms with Crippen LogP contribution in [0.15, 0.2) is 53.5 Å². The summed E-state index contributed by atoms with van der Waals surface area (Å²) in [6, 6.07) is 16.6. The largest absolute Gasteiger partial charge is 0.396 e. The van der Waals surface area contributed by atoms with Crippen LogP contribution >= 0.6 is 11.6 Å². The molecule has 2 aromatic rings. The molecule has 2 aromatic carbocycles. The van der Waals surface area contributed by atoms with Gasteiger partial charge in [-0.05, 0) is 61.4 Å². The molecule has 30 heavy (non-hydrogen) atoms. The molecule has 6 heteroatoms. The highest BCUT2D eigenvalue weighted by atomic mass is 35.5. The summed E-state index contributed by atoms with van der Waals surface area (Å²) in [6.45, 7) is 6.64. The van der Waals surface area contributed by atoms with E-state index in [-0.39, 0.29) is 0 Å². The summed E-state index contributed by atoms with van der Waals surface area (Å²) >= 11 is 6.24. The highest BCUT2D eigenvalue weighted by molar-refractivity contribution is 6.31. The van der Waals surface area contributed by atoms with Crippen molar-refractivity contribution >= 4 is 23.2 Å². The van der Waals surface area contributed by atoms with Gasteiger partial charge in [0.25, 0.3) is 0 Å². The van der Waals surface area contributed by atoms with Crippen molar-refractivity contribution in [1.82, 2.24) is 10.6 Å². The third kappa shape index (κ3) is 6.64. The zero-order valence-corrected chi connectivity index (χ0v) is 18.5. The summed E-state index contributed by atoms with van der Waals surface area (Å²) in [5.74, 6) is 1.28. The van der Waals surface area contributed by atoms with E-state index in [0.717, 1.165) is 62.0 Å². The Hall–Kier alpha value is -2.24. The molecule has 3 rings (SSSR count). The molecule has 0 radical (unpaired) electrons. The topological polar surface area (TPSA) is 59.9 Å². The van der Waals surface area contributed by atoms with E-state index in [4.69, 9.17) is 16.6 Å². The Morgan fingerprint density at radius 1 is 1.10 bits per heavy atom. The first-order chi connectivity index (χ1) is 14.7. The van der Waals surface area contributed by atoms with Gasteiger partial charge in [-0.25, -0.2) is 4.99 Å². The van der Waals surface area contributed by atoms with E-state index in [1.807, 2.05) is 18.2 Å². The lowest BCUT2D eigenvalue weighted by Gasteiger charge is -2.32. The number of rotatable bonds is 8. The first kappa shape index (κ1) is 22.4. The van der Waals surface area contributed by atoms with E-state index in [9.17, 15) is 5.11 Å². The number of halogens is 1. The molecule has 0 amide bonds. The number of hydrogen-bond acceptors (Lipinski definition) is 3. The fourth-order valence-corrected chi connectivity index (χ4v) is 3.94. The Balaban J connectivity index is 1.51. The van der Waals surface area contributed by atoms with E-state index in [1.54, 1.807) is 0 Å². The molecule has 0 atom stereocenters. The Morgan fingerprint density at radius 3 is 2.50 bits per heavy atom. The maximum absolute atomic E-state index is 9.30. The second-order valence-corrected chi connectivity index (χ2v) is 8.15. The first-order valence-electron chi connectivity index (χ1n) is 10.9. The van der Waals surface area contributed by atoms with Gasteiger partial charge in [-0.2, -0.15) is 0 Å². The number of hydrogen-bond donors (Lipinski definition) is 3. The molecule has 0 aliphatic carbocycles. The van der Waals surface area contributed by atoms with Crippen LogP contribution in [0.3, 0.4) is 0 Å². The summed E-state index contributed by atoms with van der Waals surface area (Å²) in [5.41, 5.74) is 3.58. The van der Waals surface area contributed by atoms with Gasteiger partial charge in [-0.1, -0.05) is 41.9 Å². The van der Waals surface area contributed by atoms with Crippen molar-refractivity contribution in [3.63, 3.8) is 0 Å². The second kappa shape index (κ2) is 11.8. The predicted molar refractivity (Wildman–Crippen MR) is 126 cm³/mol. The summed E-state index contributed by atoms with van der Waals surface area (Å²) in [5, 5.41) is 16.8. The minimum Gasteiger partial charge on any atom is -0.396 e. The fraction of sp³-hybridized carbons (Fsp3) is 0.458. The average molecular weight is 429 g/mol. The van der Waals surface area contributed by atoms with Crippen LogP contribution in [0.2, 0.25) is 5.02 Å². The number of aliphatic hydroxyl groups excluding tert-OH is 1. The average Bonchev–Trinajstić information content (AvgIpc) is 2.79. The number of anilines is 1. The van der Waals surface area contributed by atoms with E-state index in [2.05, 4.69) is 52.8 Å². The maximum atomic E-state index is 9.30. The van der Waals surface area contributed by atoms with Gasteiger partial charge in [0, 0.05) is 43.5 Å². The number of nitrogens with one attached hydrogen (secondary N) is 2. The van der Waals surface area contributed by atoms with Gasteiger partial charge in [-0.15, -0.1) is 0 Å².